The van der Waals surface area contributed by atoms with Gasteiger partial charge in [-0.05, 0) is 74.7 Å². The maximum Gasteiger partial charge on any atom is 0.254 e. The molecule has 8 nitrogen and oxygen atoms in total. The lowest BCUT2D eigenvalue weighted by atomic mass is 10.1. The van der Waals surface area contributed by atoms with E-state index in [4.69, 9.17) is 5.73 Å². The fourth-order valence-corrected chi connectivity index (χ4v) is 3.87. The van der Waals surface area contributed by atoms with Crippen LogP contribution in [0.3, 0.4) is 0 Å². The maximum absolute atomic E-state index is 13.7. The van der Waals surface area contributed by atoms with E-state index < -0.39 is 0 Å². The number of nitrogen functional groups attached to an aromatic ring is 1. The zero-order chi connectivity index (χ0) is 22.9. The average Bonchev–Trinajstić information content (AvgIpc) is 3.69. The van der Waals surface area contributed by atoms with Gasteiger partial charge in [0.25, 0.3) is 5.91 Å². The number of carbonyl (C=O) groups is 1. The molecular formula is C25H25N7O. The highest BCUT2D eigenvalue weighted by molar-refractivity contribution is 5.98. The van der Waals surface area contributed by atoms with Crippen molar-refractivity contribution in [2.24, 2.45) is 0 Å². The number of nitrogens with zero attached hydrogens (tertiary/aromatic N) is 6. The molecule has 1 saturated carbocycles. The van der Waals surface area contributed by atoms with Gasteiger partial charge in [0.15, 0.2) is 0 Å². The number of fused-ring (bicyclic) bond motifs is 1. The van der Waals surface area contributed by atoms with Crippen molar-refractivity contribution in [2.45, 2.75) is 45.2 Å². The molecule has 2 N–H and O–H groups in total. The molecule has 0 aliphatic heterocycles. The number of aromatic nitrogens is 5. The number of nitrogens with two attached hydrogens (primary N) is 1. The van der Waals surface area contributed by atoms with Crippen molar-refractivity contribution in [3.63, 3.8) is 0 Å². The number of rotatable bonds is 6. The lowest BCUT2D eigenvalue weighted by molar-refractivity contribution is 0.0663. The largest absolute Gasteiger partial charge is 0.383 e. The topological polar surface area (TPSA) is 111 Å². The van der Waals surface area contributed by atoms with Gasteiger partial charge in [-0.3, -0.25) is 4.79 Å². The Kier molecular flexibility index (Phi) is 5.42. The Morgan fingerprint density at radius 1 is 1.12 bits per heavy atom. The van der Waals surface area contributed by atoms with Crippen LogP contribution in [-0.4, -0.2) is 36.0 Å². The number of aryl methyl sites for hydroxylation is 1. The second kappa shape index (κ2) is 8.54. The van der Waals surface area contributed by atoms with Crippen molar-refractivity contribution in [1.29, 1.82) is 0 Å². The molecule has 0 spiro atoms. The van der Waals surface area contributed by atoms with Crippen LogP contribution in [0.15, 0.2) is 54.9 Å². The molecule has 0 bridgehead atoms. The number of hydrogen-bond acceptors (Lipinski definition) is 7. The first kappa shape index (κ1) is 20.9. The van der Waals surface area contributed by atoms with Gasteiger partial charge in [-0.15, -0.1) is 0 Å². The molecule has 3 heterocycles. The Hall–Kier alpha value is -3.94. The Morgan fingerprint density at radius 2 is 1.91 bits per heavy atom. The van der Waals surface area contributed by atoms with Crippen LogP contribution in [-0.2, 0) is 6.54 Å². The fourth-order valence-electron chi connectivity index (χ4n) is 3.87. The molecular weight excluding hydrogens is 414 g/mol. The van der Waals surface area contributed by atoms with Crippen molar-refractivity contribution in [2.75, 3.05) is 5.73 Å². The van der Waals surface area contributed by atoms with E-state index in [1.54, 1.807) is 29.4 Å². The first-order chi connectivity index (χ1) is 16.0. The molecule has 1 fully saturated rings. The third kappa shape index (κ3) is 4.37. The SMILES string of the molecule is Cc1cc2cc(C(=O)N(Cc3ccc(C4CC4)nn3)C(C)c3ncccn3)ccc2nc1N. The molecule has 5 rings (SSSR count). The zero-order valence-corrected chi connectivity index (χ0v) is 18.6. The molecule has 8 heteroatoms. The van der Waals surface area contributed by atoms with Crippen LogP contribution in [0.1, 0.15) is 64.9 Å². The van der Waals surface area contributed by atoms with Crippen LogP contribution in [0.2, 0.25) is 0 Å². The second-order valence-electron chi connectivity index (χ2n) is 8.54. The van der Waals surface area contributed by atoms with Crippen LogP contribution in [0.5, 0.6) is 0 Å². The normalized spacial score (nSPS) is 14.2. The van der Waals surface area contributed by atoms with Crippen LogP contribution in [0.4, 0.5) is 5.82 Å². The highest BCUT2D eigenvalue weighted by Crippen LogP contribution is 2.38. The molecule has 4 aromatic rings. The van der Waals surface area contributed by atoms with E-state index in [1.165, 1.54) is 12.8 Å². The molecule has 33 heavy (non-hydrogen) atoms. The molecule has 1 atom stereocenters. The third-order valence-electron chi connectivity index (χ3n) is 6.05. The van der Waals surface area contributed by atoms with Crippen molar-refractivity contribution in [1.82, 2.24) is 30.0 Å². The molecule has 1 aliphatic carbocycles. The number of anilines is 1. The van der Waals surface area contributed by atoms with Gasteiger partial charge >= 0.3 is 0 Å². The van der Waals surface area contributed by atoms with Gasteiger partial charge in [0.2, 0.25) is 0 Å². The minimum Gasteiger partial charge on any atom is -0.383 e. The number of amides is 1. The minimum atomic E-state index is -0.356. The molecule has 1 unspecified atom stereocenters. The van der Waals surface area contributed by atoms with Gasteiger partial charge in [-0.2, -0.15) is 10.2 Å². The van der Waals surface area contributed by atoms with E-state index in [2.05, 4.69) is 25.1 Å². The molecule has 1 aromatic carbocycles. The van der Waals surface area contributed by atoms with Gasteiger partial charge in [0, 0.05) is 29.3 Å². The first-order valence-electron chi connectivity index (χ1n) is 11.1. The van der Waals surface area contributed by atoms with Gasteiger partial charge in [-0.25, -0.2) is 15.0 Å². The Labute approximate surface area is 191 Å². The highest BCUT2D eigenvalue weighted by Gasteiger charge is 2.27. The average molecular weight is 440 g/mol. The Balaban J connectivity index is 1.49. The predicted octanol–water partition coefficient (Wildman–Crippen LogP) is 3.99. The smallest absolute Gasteiger partial charge is 0.254 e. The molecule has 3 aromatic heterocycles. The summed E-state index contributed by atoms with van der Waals surface area (Å²) in [7, 11) is 0. The van der Waals surface area contributed by atoms with E-state index in [0.717, 1.165) is 27.9 Å². The molecule has 0 saturated heterocycles. The van der Waals surface area contributed by atoms with Crippen LogP contribution < -0.4 is 5.73 Å². The molecule has 1 amide bonds. The quantitative estimate of drug-likeness (QED) is 0.483. The minimum absolute atomic E-state index is 0.139. The van der Waals surface area contributed by atoms with Crippen molar-refractivity contribution in [3.8, 4) is 0 Å². The van der Waals surface area contributed by atoms with E-state index in [-0.39, 0.29) is 11.9 Å². The number of hydrogen-bond donors (Lipinski definition) is 1. The first-order valence-corrected chi connectivity index (χ1v) is 11.1. The summed E-state index contributed by atoms with van der Waals surface area (Å²) in [5, 5.41) is 9.64. The zero-order valence-electron chi connectivity index (χ0n) is 18.6. The fraction of sp³-hybridized carbons (Fsp3) is 0.280. The van der Waals surface area contributed by atoms with Gasteiger partial charge < -0.3 is 10.6 Å². The molecule has 1 aliphatic rings. The van der Waals surface area contributed by atoms with Crippen molar-refractivity contribution >= 4 is 22.6 Å². The number of benzene rings is 1. The van der Waals surface area contributed by atoms with Crippen LogP contribution >= 0.6 is 0 Å². The summed E-state index contributed by atoms with van der Waals surface area (Å²) in [6.07, 6.45) is 5.70. The van der Waals surface area contributed by atoms with Crippen LogP contribution in [0.25, 0.3) is 10.9 Å². The third-order valence-corrected chi connectivity index (χ3v) is 6.05. The summed E-state index contributed by atoms with van der Waals surface area (Å²) < 4.78 is 0. The Bertz CT molecular complexity index is 1300. The van der Waals surface area contributed by atoms with Crippen molar-refractivity contribution < 1.29 is 4.79 Å². The molecule has 0 radical (unpaired) electrons. The van der Waals surface area contributed by atoms with Crippen molar-refractivity contribution in [3.05, 3.63) is 83.2 Å². The van der Waals surface area contributed by atoms with Crippen LogP contribution in [0, 0.1) is 6.92 Å². The summed E-state index contributed by atoms with van der Waals surface area (Å²) in [5.74, 6) is 1.45. The van der Waals surface area contributed by atoms with E-state index in [0.29, 0.717) is 29.7 Å². The summed E-state index contributed by atoms with van der Waals surface area (Å²) in [4.78, 5) is 28.6. The van der Waals surface area contributed by atoms with E-state index in [9.17, 15) is 4.79 Å². The number of carbonyl (C=O) groups excluding carboxylic acids is 1. The van der Waals surface area contributed by atoms with Gasteiger partial charge in [0.1, 0.15) is 11.6 Å². The molecule has 166 valence electrons. The second-order valence-corrected chi connectivity index (χ2v) is 8.54. The summed E-state index contributed by atoms with van der Waals surface area (Å²) >= 11 is 0. The van der Waals surface area contributed by atoms with Gasteiger partial charge in [-0.1, -0.05) is 0 Å². The van der Waals surface area contributed by atoms with Gasteiger partial charge in [0.05, 0.1) is 29.5 Å². The Morgan fingerprint density at radius 3 is 2.61 bits per heavy atom. The predicted molar refractivity (Wildman–Crippen MR) is 125 cm³/mol. The maximum atomic E-state index is 13.7. The summed E-state index contributed by atoms with van der Waals surface area (Å²) in [6.45, 7) is 4.13. The van der Waals surface area contributed by atoms with E-state index in [1.807, 2.05) is 44.2 Å². The van der Waals surface area contributed by atoms with E-state index >= 15 is 0 Å². The number of pyridine rings is 1. The summed E-state index contributed by atoms with van der Waals surface area (Å²) in [6, 6.07) is 12.8. The lowest BCUT2D eigenvalue weighted by Crippen LogP contribution is -2.34. The standard InChI is InChI=1S/C25H25N7O/c1-15-12-19-13-18(6-8-21(19)29-23(15)26)25(33)32(16(2)24-27-10-3-11-28-24)14-20-7-9-22(31-30-20)17-4-5-17/h3,6-13,16-17H,4-5,14H2,1-2H3,(H2,26,29). The summed E-state index contributed by atoms with van der Waals surface area (Å²) in [5.41, 5.74) is 9.87. The lowest BCUT2D eigenvalue weighted by Gasteiger charge is -2.28. The highest BCUT2D eigenvalue weighted by atomic mass is 16.2. The monoisotopic (exact) mass is 439 g/mol.